The van der Waals surface area contributed by atoms with Crippen molar-refractivity contribution >= 4 is 21.7 Å². The summed E-state index contributed by atoms with van der Waals surface area (Å²) in [5.41, 5.74) is 9.27. The van der Waals surface area contributed by atoms with Crippen LogP contribution >= 0.6 is 7.92 Å². The second-order valence-corrected chi connectivity index (χ2v) is 20.7. The van der Waals surface area contributed by atoms with Gasteiger partial charge in [0.1, 0.15) is 0 Å². The second-order valence-electron chi connectivity index (χ2n) is 12.3. The number of rotatable bonds is 7. The van der Waals surface area contributed by atoms with E-state index < -0.39 is 8.07 Å². The van der Waals surface area contributed by atoms with Crippen LogP contribution in [-0.2, 0) is 17.1 Å². The van der Waals surface area contributed by atoms with Gasteiger partial charge in [-0.05, 0) is 51.3 Å². The first kappa shape index (κ1) is 34.4. The quantitative estimate of drug-likeness (QED) is 0.181. The minimum atomic E-state index is -0.861. The summed E-state index contributed by atoms with van der Waals surface area (Å²) in [5.74, 6) is 3.92. The van der Waals surface area contributed by atoms with Crippen LogP contribution in [0.15, 0.2) is 41.9 Å². The predicted molar refractivity (Wildman–Crippen MR) is 163 cm³/mol. The molecule has 0 saturated heterocycles. The molecule has 0 aliphatic carbocycles. The predicted octanol–water partition coefficient (Wildman–Crippen LogP) is 11.2. The van der Waals surface area contributed by atoms with Crippen molar-refractivity contribution in [1.82, 2.24) is 0 Å². The number of hydrogen-bond donors (Lipinski definition) is 0. The largest absolute Gasteiger partial charge is 2.00 e. The zero-order valence-corrected chi connectivity index (χ0v) is 27.8. The first-order valence-corrected chi connectivity index (χ1v) is 18.4. The summed E-state index contributed by atoms with van der Waals surface area (Å²) in [4.78, 5) is 0. The fraction of sp³-hybridized carbons (Fsp3) is 0.581. The Hall–Kier alpha value is -0.594. The smallest absolute Gasteiger partial charge is 0.657 e. The van der Waals surface area contributed by atoms with E-state index in [0.717, 1.165) is 11.4 Å². The Kier molecular flexibility index (Phi) is 14.7. The molecule has 1 aromatic carbocycles. The van der Waals surface area contributed by atoms with Crippen molar-refractivity contribution in [2.75, 3.05) is 0 Å². The van der Waals surface area contributed by atoms with E-state index in [1.54, 1.807) is 0 Å². The van der Waals surface area contributed by atoms with Gasteiger partial charge in [0, 0.05) is 0 Å². The number of allylic oxidation sites excluding steroid dienone is 3. The average Bonchev–Trinajstić information content (AvgIpc) is 2.69. The van der Waals surface area contributed by atoms with Crippen LogP contribution in [0, 0.1) is 6.55 Å². The van der Waals surface area contributed by atoms with E-state index in [1.807, 2.05) is 0 Å². The molecule has 0 saturated carbocycles. The molecule has 0 aromatic heterocycles. The van der Waals surface area contributed by atoms with E-state index in [0.29, 0.717) is 29.1 Å². The van der Waals surface area contributed by atoms with Gasteiger partial charge in [0.15, 0.2) is 0 Å². The van der Waals surface area contributed by atoms with E-state index in [4.69, 9.17) is 5.32 Å². The van der Waals surface area contributed by atoms with Crippen molar-refractivity contribution < 1.29 is 17.1 Å². The van der Waals surface area contributed by atoms with Gasteiger partial charge in [-0.1, -0.05) is 133 Å². The van der Waals surface area contributed by atoms with Gasteiger partial charge in [-0.15, -0.1) is 19.5 Å². The summed E-state index contributed by atoms with van der Waals surface area (Å²) in [6.45, 7) is 33.7. The molecule has 1 nitrogen and oxygen atoms in total. The molecule has 1 aliphatic heterocycles. The third-order valence-electron chi connectivity index (χ3n) is 5.63. The Morgan fingerprint density at radius 3 is 1.57 bits per heavy atom. The normalized spacial score (nSPS) is 15.1. The minimum absolute atomic E-state index is 0. The fourth-order valence-electron chi connectivity index (χ4n) is 3.96. The van der Waals surface area contributed by atoms with E-state index >= 15 is 0 Å². The molecule has 0 atom stereocenters. The zero-order chi connectivity index (χ0) is 26.4. The standard InChI is InChI=1S/C27H41NP.C4H11Si.Fe/c1-17(2)22-14-24(18(3)4)27(25(15-22)19(5)6)26-13-11-12-23(28-26)16-29(20(7)8)21(9)10;1-5(2,3)4;/h11-21H,1-10H3;1H2,2-4H3;/q2*-1;+2/b23-16-;;. The topological polar surface area (TPSA) is 14.1 Å². The van der Waals surface area contributed by atoms with Crippen LogP contribution < -0.4 is 0 Å². The fourth-order valence-corrected chi connectivity index (χ4v) is 6.20. The van der Waals surface area contributed by atoms with Gasteiger partial charge in [-0.2, -0.15) is 0 Å². The maximum atomic E-state index is 5.17. The van der Waals surface area contributed by atoms with Crippen LogP contribution in [0.1, 0.15) is 109 Å². The van der Waals surface area contributed by atoms with Gasteiger partial charge >= 0.3 is 17.1 Å². The van der Waals surface area contributed by atoms with Crippen LogP contribution in [0.4, 0.5) is 0 Å². The SMILES string of the molecule is CC(C)c1cc(C(C)C)c(C2=CC=C/C(=C/P(C(C)C)C(C)C)[N-]2)c(C(C)C)c1.[CH2-][Si](C)(C)C.[Fe+2]. The number of nitrogens with zero attached hydrogens (tertiary/aromatic N) is 1. The summed E-state index contributed by atoms with van der Waals surface area (Å²) in [7, 11) is -1.04. The molecule has 0 bridgehead atoms. The van der Waals surface area contributed by atoms with Crippen molar-refractivity contribution in [3.05, 3.63) is 76.0 Å². The van der Waals surface area contributed by atoms with Gasteiger partial charge in [0.05, 0.1) is 0 Å². The summed E-state index contributed by atoms with van der Waals surface area (Å²) in [6.07, 6.45) is 6.57. The molecule has 0 N–H and O–H groups in total. The van der Waals surface area contributed by atoms with Gasteiger partial charge in [0.25, 0.3) is 0 Å². The van der Waals surface area contributed by atoms with Crippen LogP contribution in [-0.4, -0.2) is 19.4 Å². The monoisotopic (exact) mass is 553 g/mol. The third kappa shape index (κ3) is 11.6. The van der Waals surface area contributed by atoms with Crippen molar-refractivity contribution in [1.29, 1.82) is 0 Å². The second kappa shape index (κ2) is 15.0. The van der Waals surface area contributed by atoms with Crippen LogP contribution in [0.3, 0.4) is 0 Å². The molecule has 0 radical (unpaired) electrons. The molecule has 198 valence electrons. The number of benzene rings is 1. The Morgan fingerprint density at radius 2 is 1.23 bits per heavy atom. The summed E-state index contributed by atoms with van der Waals surface area (Å²) in [6, 6.07) is 4.84. The van der Waals surface area contributed by atoms with Gasteiger partial charge < -0.3 is 11.9 Å². The minimum Gasteiger partial charge on any atom is -0.657 e. The van der Waals surface area contributed by atoms with Crippen molar-refractivity contribution in [3.63, 3.8) is 0 Å². The van der Waals surface area contributed by atoms with Crippen molar-refractivity contribution in [2.24, 2.45) is 0 Å². The molecule has 35 heavy (non-hydrogen) atoms. The molecule has 0 fully saturated rings. The van der Waals surface area contributed by atoms with Crippen LogP contribution in [0.5, 0.6) is 0 Å². The molecular formula is C31H52FeNPSi. The first-order valence-electron chi connectivity index (χ1n) is 13.2. The maximum Gasteiger partial charge on any atom is 2.00 e. The van der Waals surface area contributed by atoms with Gasteiger partial charge in [-0.3, -0.25) is 0 Å². The van der Waals surface area contributed by atoms with Crippen molar-refractivity contribution in [3.8, 4) is 0 Å². The Balaban J connectivity index is 0.00000175. The molecule has 1 aromatic rings. The summed E-state index contributed by atoms with van der Waals surface area (Å²) >= 11 is 0. The van der Waals surface area contributed by atoms with E-state index in [9.17, 15) is 0 Å². The van der Waals surface area contributed by atoms with E-state index in [2.05, 4.69) is 132 Å². The molecule has 0 unspecified atom stereocenters. The molecule has 4 heteroatoms. The summed E-state index contributed by atoms with van der Waals surface area (Å²) in [5, 5.41) is 5.17. The Morgan fingerprint density at radius 1 is 0.800 bits per heavy atom. The zero-order valence-electron chi connectivity index (χ0n) is 24.8. The molecule has 1 heterocycles. The third-order valence-corrected chi connectivity index (χ3v) is 8.58. The van der Waals surface area contributed by atoms with Crippen molar-refractivity contribution in [2.45, 2.75) is 118 Å². The Labute approximate surface area is 232 Å². The maximum absolute atomic E-state index is 5.17. The first-order chi connectivity index (χ1) is 15.5. The molecular weight excluding hydrogens is 501 g/mol. The molecule has 2 rings (SSSR count). The van der Waals surface area contributed by atoms with E-state index in [-0.39, 0.29) is 25.0 Å². The molecule has 1 aliphatic rings. The van der Waals surface area contributed by atoms with E-state index in [1.165, 1.54) is 22.3 Å². The van der Waals surface area contributed by atoms with Gasteiger partial charge in [-0.25, -0.2) is 0 Å². The molecule has 0 spiro atoms. The molecule has 0 amide bonds. The Bertz CT molecular complexity index is 843. The van der Waals surface area contributed by atoms with Crippen LogP contribution in [0.2, 0.25) is 19.6 Å². The summed E-state index contributed by atoms with van der Waals surface area (Å²) < 4.78 is 0. The van der Waals surface area contributed by atoms with Gasteiger partial charge in [0.2, 0.25) is 0 Å². The average molecular weight is 554 g/mol. The van der Waals surface area contributed by atoms with Crippen LogP contribution in [0.25, 0.3) is 11.0 Å². The number of hydrogen-bond acceptors (Lipinski definition) is 0.